The predicted molar refractivity (Wildman–Crippen MR) is 104 cm³/mol. The van der Waals surface area contributed by atoms with Gasteiger partial charge in [-0.15, -0.1) is 0 Å². The van der Waals surface area contributed by atoms with E-state index in [0.29, 0.717) is 22.0 Å². The van der Waals surface area contributed by atoms with Gasteiger partial charge in [-0.1, -0.05) is 17.7 Å². The van der Waals surface area contributed by atoms with E-state index in [-0.39, 0.29) is 11.8 Å². The minimum atomic E-state index is -0.234. The second-order valence-electron chi connectivity index (χ2n) is 5.92. The fourth-order valence-electron chi connectivity index (χ4n) is 2.61. The topological polar surface area (TPSA) is 63.1 Å². The van der Waals surface area contributed by atoms with Gasteiger partial charge in [-0.3, -0.25) is 9.59 Å². The van der Waals surface area contributed by atoms with Crippen LogP contribution in [-0.2, 0) is 4.79 Å². The number of aromatic nitrogens is 1. The zero-order chi connectivity index (χ0) is 18.7. The summed E-state index contributed by atoms with van der Waals surface area (Å²) in [6, 6.07) is 14.4. The average molecular weight is 368 g/mol. The largest absolute Gasteiger partial charge is 0.325 e. The maximum atomic E-state index is 12.6. The summed E-state index contributed by atoms with van der Waals surface area (Å²) < 4.78 is 1.96. The zero-order valence-corrected chi connectivity index (χ0v) is 15.2. The standard InChI is InChI=1S/C20H18ClN3O2/c1-13-5-6-15(11-19(13)24-9-3-4-10-24)20(26)23-16-7-8-18(17(21)12-16)22-14(2)25/h3-12H,1-2H3,(H,22,25)(H,23,26). The van der Waals surface area contributed by atoms with E-state index < -0.39 is 0 Å². The van der Waals surface area contributed by atoms with Crippen LogP contribution in [0.4, 0.5) is 11.4 Å². The number of rotatable bonds is 4. The lowest BCUT2D eigenvalue weighted by molar-refractivity contribution is -0.114. The number of aryl methyl sites for hydroxylation is 1. The molecule has 6 heteroatoms. The van der Waals surface area contributed by atoms with Crippen LogP contribution in [0.2, 0.25) is 5.02 Å². The minimum Gasteiger partial charge on any atom is -0.325 e. The van der Waals surface area contributed by atoms with Gasteiger partial charge in [0.05, 0.1) is 10.7 Å². The molecule has 0 unspecified atom stereocenters. The third kappa shape index (κ3) is 3.95. The highest BCUT2D eigenvalue weighted by Gasteiger charge is 2.11. The Kier molecular flexibility index (Phi) is 5.09. The molecule has 0 saturated heterocycles. The lowest BCUT2D eigenvalue weighted by atomic mass is 10.1. The Morgan fingerprint density at radius 1 is 1.00 bits per heavy atom. The number of benzene rings is 2. The molecule has 3 rings (SSSR count). The number of hydrogen-bond donors (Lipinski definition) is 2. The summed E-state index contributed by atoms with van der Waals surface area (Å²) in [6.07, 6.45) is 3.87. The van der Waals surface area contributed by atoms with Crippen molar-refractivity contribution < 1.29 is 9.59 Å². The van der Waals surface area contributed by atoms with Crippen LogP contribution in [-0.4, -0.2) is 16.4 Å². The quantitative estimate of drug-likeness (QED) is 0.705. The summed E-state index contributed by atoms with van der Waals surface area (Å²) in [4.78, 5) is 23.7. The molecule has 132 valence electrons. The maximum absolute atomic E-state index is 12.6. The third-order valence-electron chi connectivity index (χ3n) is 3.89. The first-order chi connectivity index (χ1) is 12.4. The lowest BCUT2D eigenvalue weighted by Gasteiger charge is -2.12. The first kappa shape index (κ1) is 17.8. The Bertz CT molecular complexity index is 965. The number of anilines is 2. The van der Waals surface area contributed by atoms with Crippen LogP contribution in [0.1, 0.15) is 22.8 Å². The van der Waals surface area contributed by atoms with E-state index in [0.717, 1.165) is 11.3 Å². The van der Waals surface area contributed by atoms with Gasteiger partial charge in [0.1, 0.15) is 0 Å². The van der Waals surface area contributed by atoms with Gasteiger partial charge in [0.25, 0.3) is 5.91 Å². The number of nitrogens with one attached hydrogen (secondary N) is 2. The van der Waals surface area contributed by atoms with Gasteiger partial charge >= 0.3 is 0 Å². The number of carbonyl (C=O) groups is 2. The highest BCUT2D eigenvalue weighted by molar-refractivity contribution is 6.34. The number of amides is 2. The van der Waals surface area contributed by atoms with Crippen molar-refractivity contribution in [3.05, 3.63) is 77.1 Å². The average Bonchev–Trinajstić information content (AvgIpc) is 3.11. The van der Waals surface area contributed by atoms with Crippen LogP contribution in [0, 0.1) is 6.92 Å². The molecule has 0 saturated carbocycles. The van der Waals surface area contributed by atoms with Gasteiger partial charge in [0.2, 0.25) is 5.91 Å². The Balaban J connectivity index is 1.81. The molecule has 26 heavy (non-hydrogen) atoms. The molecule has 0 aliphatic heterocycles. The summed E-state index contributed by atoms with van der Waals surface area (Å²) in [7, 11) is 0. The molecule has 2 amide bonds. The Morgan fingerprint density at radius 3 is 2.38 bits per heavy atom. The molecule has 0 aliphatic rings. The number of hydrogen-bond acceptors (Lipinski definition) is 2. The van der Waals surface area contributed by atoms with E-state index in [4.69, 9.17) is 11.6 Å². The fraction of sp³-hybridized carbons (Fsp3) is 0.100. The minimum absolute atomic E-state index is 0.208. The second-order valence-corrected chi connectivity index (χ2v) is 6.33. The normalized spacial score (nSPS) is 10.4. The first-order valence-corrected chi connectivity index (χ1v) is 8.44. The summed E-state index contributed by atoms with van der Waals surface area (Å²) in [5.74, 6) is -0.442. The van der Waals surface area contributed by atoms with Crippen molar-refractivity contribution in [3.8, 4) is 5.69 Å². The molecule has 5 nitrogen and oxygen atoms in total. The van der Waals surface area contributed by atoms with Crippen molar-refractivity contribution >= 4 is 34.8 Å². The van der Waals surface area contributed by atoms with Crippen molar-refractivity contribution in [2.45, 2.75) is 13.8 Å². The smallest absolute Gasteiger partial charge is 0.255 e. The van der Waals surface area contributed by atoms with E-state index in [1.807, 2.05) is 48.1 Å². The molecule has 0 bridgehead atoms. The van der Waals surface area contributed by atoms with Crippen LogP contribution in [0.3, 0.4) is 0 Å². The predicted octanol–water partition coefficient (Wildman–Crippen LogP) is 4.65. The van der Waals surface area contributed by atoms with E-state index >= 15 is 0 Å². The van der Waals surface area contributed by atoms with Crippen LogP contribution in [0.5, 0.6) is 0 Å². The van der Waals surface area contributed by atoms with Gasteiger partial charge in [-0.25, -0.2) is 0 Å². The summed E-state index contributed by atoms with van der Waals surface area (Å²) in [5, 5.41) is 5.81. The Labute approximate surface area is 156 Å². The van der Waals surface area contributed by atoms with Crippen molar-refractivity contribution in [3.63, 3.8) is 0 Å². The maximum Gasteiger partial charge on any atom is 0.255 e. The molecule has 0 radical (unpaired) electrons. The molecule has 2 N–H and O–H groups in total. The van der Waals surface area contributed by atoms with Crippen LogP contribution < -0.4 is 10.6 Å². The van der Waals surface area contributed by atoms with Gasteiger partial charge < -0.3 is 15.2 Å². The SMILES string of the molecule is CC(=O)Nc1ccc(NC(=O)c2ccc(C)c(-n3cccc3)c2)cc1Cl. The van der Waals surface area contributed by atoms with E-state index in [1.54, 1.807) is 24.3 Å². The third-order valence-corrected chi connectivity index (χ3v) is 4.20. The van der Waals surface area contributed by atoms with Crippen LogP contribution in [0.25, 0.3) is 5.69 Å². The fourth-order valence-corrected chi connectivity index (χ4v) is 2.84. The molecule has 1 heterocycles. The Morgan fingerprint density at radius 2 is 1.73 bits per heavy atom. The van der Waals surface area contributed by atoms with Crippen molar-refractivity contribution in [1.29, 1.82) is 0 Å². The van der Waals surface area contributed by atoms with Gasteiger partial charge in [-0.2, -0.15) is 0 Å². The molecular weight excluding hydrogens is 350 g/mol. The van der Waals surface area contributed by atoms with E-state index in [9.17, 15) is 9.59 Å². The molecule has 0 spiro atoms. The summed E-state index contributed by atoms with van der Waals surface area (Å²) in [6.45, 7) is 3.41. The van der Waals surface area contributed by atoms with Gasteiger partial charge in [-0.05, 0) is 55.0 Å². The molecule has 0 aliphatic carbocycles. The van der Waals surface area contributed by atoms with Gasteiger partial charge in [0.15, 0.2) is 0 Å². The molecule has 3 aromatic rings. The van der Waals surface area contributed by atoms with Crippen molar-refractivity contribution in [2.75, 3.05) is 10.6 Å². The molecular formula is C20H18ClN3O2. The van der Waals surface area contributed by atoms with E-state index in [2.05, 4.69) is 10.6 Å². The number of halogens is 1. The van der Waals surface area contributed by atoms with Crippen molar-refractivity contribution in [1.82, 2.24) is 4.57 Å². The lowest BCUT2D eigenvalue weighted by Crippen LogP contribution is -2.13. The molecule has 1 aromatic heterocycles. The van der Waals surface area contributed by atoms with Crippen LogP contribution >= 0.6 is 11.6 Å². The first-order valence-electron chi connectivity index (χ1n) is 8.06. The number of nitrogens with zero attached hydrogens (tertiary/aromatic N) is 1. The summed E-state index contributed by atoms with van der Waals surface area (Å²) >= 11 is 6.15. The second kappa shape index (κ2) is 7.45. The number of carbonyl (C=O) groups excluding carboxylic acids is 2. The van der Waals surface area contributed by atoms with Crippen LogP contribution in [0.15, 0.2) is 60.9 Å². The highest BCUT2D eigenvalue weighted by Crippen LogP contribution is 2.26. The highest BCUT2D eigenvalue weighted by atomic mass is 35.5. The van der Waals surface area contributed by atoms with Gasteiger partial charge in [0, 0.05) is 36.3 Å². The van der Waals surface area contributed by atoms with E-state index in [1.165, 1.54) is 6.92 Å². The summed E-state index contributed by atoms with van der Waals surface area (Å²) in [5.41, 5.74) is 3.61. The Hall–Kier alpha value is -3.05. The monoisotopic (exact) mass is 367 g/mol. The molecule has 2 aromatic carbocycles. The molecule has 0 atom stereocenters. The molecule has 0 fully saturated rings. The van der Waals surface area contributed by atoms with Crippen molar-refractivity contribution in [2.24, 2.45) is 0 Å². The zero-order valence-electron chi connectivity index (χ0n) is 14.4.